The standard InChI is InChI=1S/C10H13F3N4S/c1-6-5-17(2-3-18-6)8-4-7(14)15-9(16-8)10(11,12)13/h4,6H,2-3,5H2,1H3,(H2,14,15,16). The summed E-state index contributed by atoms with van der Waals surface area (Å²) in [7, 11) is 0. The summed E-state index contributed by atoms with van der Waals surface area (Å²) in [5, 5.41) is 0.365. The molecule has 1 aliphatic rings. The first-order chi connectivity index (χ1) is 8.36. The molecular weight excluding hydrogens is 265 g/mol. The Morgan fingerprint density at radius 3 is 2.78 bits per heavy atom. The molecule has 0 spiro atoms. The second-order valence-electron chi connectivity index (χ2n) is 4.10. The zero-order valence-electron chi connectivity index (χ0n) is 9.74. The molecule has 0 aliphatic carbocycles. The van der Waals surface area contributed by atoms with E-state index in [0.717, 1.165) is 5.75 Å². The number of nitrogens with zero attached hydrogens (tertiary/aromatic N) is 3. The van der Waals surface area contributed by atoms with Crippen LogP contribution in [0, 0.1) is 0 Å². The molecule has 2 rings (SSSR count). The first kappa shape index (κ1) is 13.3. The van der Waals surface area contributed by atoms with Crippen LogP contribution in [0.3, 0.4) is 0 Å². The lowest BCUT2D eigenvalue weighted by Crippen LogP contribution is -2.37. The maximum atomic E-state index is 12.6. The molecule has 0 aromatic carbocycles. The fraction of sp³-hybridized carbons (Fsp3) is 0.600. The third-order valence-electron chi connectivity index (χ3n) is 2.55. The lowest BCUT2D eigenvalue weighted by molar-refractivity contribution is -0.144. The van der Waals surface area contributed by atoms with Crippen LogP contribution in [-0.4, -0.2) is 34.1 Å². The second kappa shape index (κ2) is 4.83. The van der Waals surface area contributed by atoms with E-state index in [4.69, 9.17) is 5.73 Å². The summed E-state index contributed by atoms with van der Waals surface area (Å²) in [6.07, 6.45) is -4.57. The van der Waals surface area contributed by atoms with Crippen LogP contribution in [0.15, 0.2) is 6.07 Å². The number of alkyl halides is 3. The summed E-state index contributed by atoms with van der Waals surface area (Å²) in [6, 6.07) is 1.39. The second-order valence-corrected chi connectivity index (χ2v) is 5.65. The highest BCUT2D eigenvalue weighted by Gasteiger charge is 2.36. The maximum Gasteiger partial charge on any atom is 0.451 e. The van der Waals surface area contributed by atoms with Gasteiger partial charge >= 0.3 is 6.18 Å². The summed E-state index contributed by atoms with van der Waals surface area (Å²) in [4.78, 5) is 8.61. The molecule has 0 radical (unpaired) electrons. The van der Waals surface area contributed by atoms with Crippen molar-refractivity contribution in [1.29, 1.82) is 0 Å². The molecule has 1 aliphatic heterocycles. The number of nitrogens with two attached hydrogens (primary N) is 1. The van der Waals surface area contributed by atoms with Gasteiger partial charge in [0.25, 0.3) is 0 Å². The monoisotopic (exact) mass is 278 g/mol. The number of hydrogen-bond acceptors (Lipinski definition) is 5. The van der Waals surface area contributed by atoms with E-state index in [0.29, 0.717) is 18.3 Å². The average molecular weight is 278 g/mol. The summed E-state index contributed by atoms with van der Waals surface area (Å²) < 4.78 is 37.8. The van der Waals surface area contributed by atoms with Gasteiger partial charge in [-0.1, -0.05) is 6.92 Å². The lowest BCUT2D eigenvalue weighted by atomic mass is 10.3. The van der Waals surface area contributed by atoms with Crippen LogP contribution in [0.1, 0.15) is 12.7 Å². The Morgan fingerprint density at radius 1 is 1.44 bits per heavy atom. The van der Waals surface area contributed by atoms with Gasteiger partial charge in [0.1, 0.15) is 11.6 Å². The molecule has 1 aromatic rings. The number of anilines is 2. The van der Waals surface area contributed by atoms with E-state index >= 15 is 0 Å². The zero-order chi connectivity index (χ0) is 13.3. The van der Waals surface area contributed by atoms with Crippen LogP contribution in [0.5, 0.6) is 0 Å². The highest BCUT2D eigenvalue weighted by atomic mass is 32.2. The number of halogens is 3. The molecule has 8 heteroatoms. The molecular formula is C10H13F3N4S. The van der Waals surface area contributed by atoms with Crippen molar-refractivity contribution in [3.05, 3.63) is 11.9 Å². The van der Waals surface area contributed by atoms with E-state index in [1.165, 1.54) is 6.07 Å². The van der Waals surface area contributed by atoms with Crippen LogP contribution in [-0.2, 0) is 6.18 Å². The first-order valence-corrected chi connectivity index (χ1v) is 6.49. The van der Waals surface area contributed by atoms with Crippen molar-refractivity contribution in [2.45, 2.75) is 18.3 Å². The predicted octanol–water partition coefficient (Wildman–Crippen LogP) is 2.02. The highest BCUT2D eigenvalue weighted by Crippen LogP contribution is 2.30. The van der Waals surface area contributed by atoms with Crippen LogP contribution in [0.25, 0.3) is 0 Å². The Bertz CT molecular complexity index is 438. The third kappa shape index (κ3) is 2.98. The summed E-state index contributed by atoms with van der Waals surface area (Å²) >= 11 is 1.79. The fourth-order valence-corrected chi connectivity index (χ4v) is 2.78. The van der Waals surface area contributed by atoms with Crippen molar-refractivity contribution in [3.63, 3.8) is 0 Å². The number of nitrogen functional groups attached to an aromatic ring is 1. The molecule has 1 fully saturated rings. The molecule has 1 atom stereocenters. The molecule has 1 saturated heterocycles. The minimum absolute atomic E-state index is 0.154. The van der Waals surface area contributed by atoms with Crippen molar-refractivity contribution in [1.82, 2.24) is 9.97 Å². The Hall–Kier alpha value is -1.18. The van der Waals surface area contributed by atoms with Crippen LogP contribution >= 0.6 is 11.8 Å². The number of hydrogen-bond donors (Lipinski definition) is 1. The van der Waals surface area contributed by atoms with E-state index in [9.17, 15) is 13.2 Å². The molecule has 0 bridgehead atoms. The van der Waals surface area contributed by atoms with Crippen molar-refractivity contribution in [2.24, 2.45) is 0 Å². The third-order valence-corrected chi connectivity index (χ3v) is 3.69. The van der Waals surface area contributed by atoms with Gasteiger partial charge in [-0.3, -0.25) is 0 Å². The van der Waals surface area contributed by atoms with Crippen molar-refractivity contribution in [2.75, 3.05) is 29.5 Å². The van der Waals surface area contributed by atoms with Gasteiger partial charge in [0.15, 0.2) is 0 Å². The SMILES string of the molecule is CC1CN(c2cc(N)nc(C(F)(F)F)n2)CCS1. The summed E-state index contributed by atoms with van der Waals surface area (Å²) in [5.41, 5.74) is 5.41. The smallest absolute Gasteiger partial charge is 0.384 e. The average Bonchev–Trinajstić information content (AvgIpc) is 2.27. The normalized spacial score (nSPS) is 21.1. The largest absolute Gasteiger partial charge is 0.451 e. The summed E-state index contributed by atoms with van der Waals surface area (Å²) in [5.74, 6) is -0.213. The van der Waals surface area contributed by atoms with Gasteiger partial charge in [-0.2, -0.15) is 24.9 Å². The number of thioether (sulfide) groups is 1. The first-order valence-electron chi connectivity index (χ1n) is 5.44. The van der Waals surface area contributed by atoms with Gasteiger partial charge in [-0.25, -0.2) is 9.97 Å². The zero-order valence-corrected chi connectivity index (χ0v) is 10.6. The van der Waals surface area contributed by atoms with Crippen molar-refractivity contribution >= 4 is 23.4 Å². The molecule has 2 N–H and O–H groups in total. The Labute approximate surface area is 107 Å². The quantitative estimate of drug-likeness (QED) is 0.851. The molecule has 4 nitrogen and oxygen atoms in total. The minimum Gasteiger partial charge on any atom is -0.384 e. The lowest BCUT2D eigenvalue weighted by Gasteiger charge is -2.31. The van der Waals surface area contributed by atoms with E-state index in [1.54, 1.807) is 11.8 Å². The Balaban J connectivity index is 2.30. The molecule has 0 amide bonds. The van der Waals surface area contributed by atoms with Gasteiger partial charge in [-0.05, 0) is 0 Å². The van der Waals surface area contributed by atoms with Crippen molar-refractivity contribution < 1.29 is 13.2 Å². The van der Waals surface area contributed by atoms with E-state index in [2.05, 4.69) is 9.97 Å². The molecule has 1 aromatic heterocycles. The molecule has 1 unspecified atom stereocenters. The minimum atomic E-state index is -4.57. The summed E-state index contributed by atoms with van der Waals surface area (Å²) in [6.45, 7) is 3.37. The van der Waals surface area contributed by atoms with Crippen LogP contribution in [0.4, 0.5) is 24.8 Å². The molecule has 2 heterocycles. The highest BCUT2D eigenvalue weighted by molar-refractivity contribution is 8.00. The van der Waals surface area contributed by atoms with Crippen molar-refractivity contribution in [3.8, 4) is 0 Å². The van der Waals surface area contributed by atoms with Crippen LogP contribution < -0.4 is 10.6 Å². The van der Waals surface area contributed by atoms with Gasteiger partial charge in [0.2, 0.25) is 5.82 Å². The molecule has 0 saturated carbocycles. The van der Waals surface area contributed by atoms with E-state index < -0.39 is 12.0 Å². The molecule has 100 valence electrons. The van der Waals surface area contributed by atoms with E-state index in [-0.39, 0.29) is 11.6 Å². The fourth-order valence-electron chi connectivity index (χ4n) is 1.77. The number of aromatic nitrogens is 2. The Kier molecular flexibility index (Phi) is 3.56. The predicted molar refractivity (Wildman–Crippen MR) is 65.6 cm³/mol. The van der Waals surface area contributed by atoms with Crippen LogP contribution in [0.2, 0.25) is 0 Å². The van der Waals surface area contributed by atoms with Gasteiger partial charge in [0, 0.05) is 30.2 Å². The van der Waals surface area contributed by atoms with Gasteiger partial charge in [-0.15, -0.1) is 0 Å². The van der Waals surface area contributed by atoms with Gasteiger partial charge < -0.3 is 10.6 Å². The van der Waals surface area contributed by atoms with Gasteiger partial charge in [0.05, 0.1) is 0 Å². The molecule has 18 heavy (non-hydrogen) atoms. The Morgan fingerprint density at radius 2 is 2.17 bits per heavy atom. The van der Waals surface area contributed by atoms with E-state index in [1.807, 2.05) is 11.8 Å². The topological polar surface area (TPSA) is 55.0 Å². The number of rotatable bonds is 1. The maximum absolute atomic E-state index is 12.6.